The van der Waals surface area contributed by atoms with Gasteiger partial charge in [0.1, 0.15) is 4.05 Å². The van der Waals surface area contributed by atoms with Crippen molar-refractivity contribution in [1.82, 2.24) is 0 Å². The Morgan fingerprint density at radius 1 is 1.04 bits per heavy atom. The maximum absolute atomic E-state index is 12.4. The third-order valence-electron chi connectivity index (χ3n) is 3.90. The minimum Gasteiger partial charge on any atom is -0.269 e. The lowest BCUT2D eigenvalue weighted by Gasteiger charge is -2.20. The van der Waals surface area contributed by atoms with E-state index in [9.17, 15) is 36.9 Å². The van der Waals surface area contributed by atoms with E-state index in [1.54, 1.807) is 0 Å². The molecule has 11 nitrogen and oxygen atoms in total. The predicted molar refractivity (Wildman–Crippen MR) is 84.5 cm³/mol. The van der Waals surface area contributed by atoms with Crippen LogP contribution in [0.25, 0.3) is 0 Å². The van der Waals surface area contributed by atoms with Crippen LogP contribution in [0.15, 0.2) is 36.4 Å². The molecule has 2 aliphatic heterocycles. The first-order chi connectivity index (χ1) is 12.6. The van der Waals surface area contributed by atoms with Crippen molar-refractivity contribution in [3.63, 3.8) is 0 Å². The summed E-state index contributed by atoms with van der Waals surface area (Å²) in [7, 11) is -5.44. The SMILES string of the molecule is O=C(O[N+]1(S(=O)(=O)O)C(=O)CCC1=O)c1cccc(N2C(=O)C=CC2=O)c1. The highest BCUT2D eigenvalue weighted by molar-refractivity contribution is 7.80. The molecule has 2 heterocycles. The Labute approximate surface area is 151 Å². The zero-order chi connectivity index (χ0) is 20.0. The van der Waals surface area contributed by atoms with Crippen molar-refractivity contribution in [3.8, 4) is 0 Å². The highest BCUT2D eigenvalue weighted by Crippen LogP contribution is 2.29. The molecule has 4 amide bonds. The Bertz CT molecular complexity index is 1010. The maximum Gasteiger partial charge on any atom is 0.488 e. The molecule has 0 aromatic heterocycles. The number of anilines is 1. The molecular formula is C15H11N2O9S+. The Kier molecular flexibility index (Phi) is 4.26. The Hall–Kier alpha value is -3.22. The average molecular weight is 395 g/mol. The number of imide groups is 2. The molecule has 1 aromatic rings. The third-order valence-corrected chi connectivity index (χ3v) is 5.03. The molecule has 0 atom stereocenters. The molecule has 27 heavy (non-hydrogen) atoms. The number of carbonyl (C=O) groups is 5. The minimum absolute atomic E-state index is 0.0121. The monoisotopic (exact) mass is 395 g/mol. The van der Waals surface area contributed by atoms with Gasteiger partial charge in [-0.15, -0.1) is 8.42 Å². The molecule has 3 rings (SSSR count). The van der Waals surface area contributed by atoms with Gasteiger partial charge in [-0.2, -0.15) is 0 Å². The van der Waals surface area contributed by atoms with Crippen molar-refractivity contribution in [3.05, 3.63) is 42.0 Å². The van der Waals surface area contributed by atoms with Crippen molar-refractivity contribution in [2.45, 2.75) is 12.8 Å². The lowest BCUT2D eigenvalue weighted by Crippen LogP contribution is -2.57. The summed E-state index contributed by atoms with van der Waals surface area (Å²) in [6, 6.07) is 4.79. The summed E-state index contributed by atoms with van der Waals surface area (Å²) in [5.41, 5.74) is -0.365. The van der Waals surface area contributed by atoms with E-state index in [0.29, 0.717) is 0 Å². The van der Waals surface area contributed by atoms with Crippen molar-refractivity contribution < 1.29 is 45.8 Å². The van der Waals surface area contributed by atoms with Crippen LogP contribution in [0, 0.1) is 0 Å². The van der Waals surface area contributed by atoms with E-state index in [2.05, 4.69) is 4.84 Å². The normalized spacial score (nSPS) is 19.1. The van der Waals surface area contributed by atoms with Crippen LogP contribution in [0.4, 0.5) is 5.69 Å². The van der Waals surface area contributed by atoms with E-state index >= 15 is 0 Å². The topological polar surface area (TPSA) is 152 Å². The zero-order valence-corrected chi connectivity index (χ0v) is 14.2. The standard InChI is InChI=1S/C15H10N2O9S/c18-11-4-5-12(19)16(11)10-3-1-2-9(8-10)15(22)26-17(27(23,24)25)13(20)6-7-14(17)21/h1-5,8H,6-7H2/p+1. The van der Waals surface area contributed by atoms with E-state index in [1.165, 1.54) is 12.1 Å². The largest absolute Gasteiger partial charge is 0.488 e. The first-order valence-corrected chi connectivity index (χ1v) is 8.81. The second kappa shape index (κ2) is 6.19. The Morgan fingerprint density at radius 2 is 1.59 bits per heavy atom. The molecule has 0 unspecified atom stereocenters. The van der Waals surface area contributed by atoms with Gasteiger partial charge in [0.15, 0.2) is 0 Å². The molecule has 1 N–H and O–H groups in total. The molecule has 0 aliphatic carbocycles. The van der Waals surface area contributed by atoms with Gasteiger partial charge in [0.05, 0.1) is 24.1 Å². The molecule has 0 saturated carbocycles. The highest BCUT2D eigenvalue weighted by atomic mass is 32.2. The number of quaternary nitrogens is 1. The van der Waals surface area contributed by atoms with Gasteiger partial charge in [-0.05, 0) is 18.2 Å². The number of rotatable bonds is 4. The first-order valence-electron chi connectivity index (χ1n) is 7.41. The van der Waals surface area contributed by atoms with Gasteiger partial charge < -0.3 is 0 Å². The molecule has 0 spiro atoms. The first kappa shape index (κ1) is 18.6. The van der Waals surface area contributed by atoms with Crippen LogP contribution in [-0.4, -0.2) is 46.6 Å². The fourth-order valence-electron chi connectivity index (χ4n) is 2.65. The van der Waals surface area contributed by atoms with E-state index in [4.69, 9.17) is 0 Å². The Balaban J connectivity index is 1.96. The van der Waals surface area contributed by atoms with E-state index < -0.39 is 56.8 Å². The number of hydrogen-bond donors (Lipinski definition) is 1. The van der Waals surface area contributed by atoms with E-state index in [0.717, 1.165) is 29.2 Å². The van der Waals surface area contributed by atoms with E-state index in [1.807, 2.05) is 0 Å². The quantitative estimate of drug-likeness (QED) is 0.410. The summed E-state index contributed by atoms with van der Waals surface area (Å²) >= 11 is 0. The van der Waals surface area contributed by atoms with Gasteiger partial charge in [0.25, 0.3) is 11.8 Å². The second-order valence-corrected chi connectivity index (χ2v) is 6.97. The van der Waals surface area contributed by atoms with Gasteiger partial charge in [-0.1, -0.05) is 6.07 Å². The van der Waals surface area contributed by atoms with Crippen LogP contribution in [0.5, 0.6) is 0 Å². The van der Waals surface area contributed by atoms with Gasteiger partial charge in [0.2, 0.25) is 0 Å². The lowest BCUT2D eigenvalue weighted by atomic mass is 10.2. The van der Waals surface area contributed by atoms with E-state index in [-0.39, 0.29) is 11.3 Å². The molecule has 0 bridgehead atoms. The maximum atomic E-state index is 12.4. The smallest absolute Gasteiger partial charge is 0.269 e. The number of hydroxylamine groups is 2. The fraction of sp³-hybridized carbons (Fsp3) is 0.133. The van der Waals surface area contributed by atoms with Crippen molar-refractivity contribution in [1.29, 1.82) is 0 Å². The number of benzene rings is 1. The van der Waals surface area contributed by atoms with Crippen LogP contribution in [0.2, 0.25) is 0 Å². The molecule has 2 aliphatic rings. The molecular weight excluding hydrogens is 384 g/mol. The summed E-state index contributed by atoms with van der Waals surface area (Å²) in [5, 5.41) is 0. The Morgan fingerprint density at radius 3 is 2.11 bits per heavy atom. The number of amides is 4. The highest BCUT2D eigenvalue weighted by Gasteiger charge is 2.65. The van der Waals surface area contributed by atoms with Crippen molar-refractivity contribution >= 4 is 45.6 Å². The molecule has 12 heteroatoms. The summed E-state index contributed by atoms with van der Waals surface area (Å²) in [4.78, 5) is 64.9. The van der Waals surface area contributed by atoms with Gasteiger partial charge in [-0.25, -0.2) is 28.7 Å². The molecule has 1 aromatic carbocycles. The van der Waals surface area contributed by atoms with Crippen LogP contribution in [0.3, 0.4) is 0 Å². The average Bonchev–Trinajstić information content (AvgIpc) is 3.08. The fourth-order valence-corrected chi connectivity index (χ4v) is 3.51. The predicted octanol–water partition coefficient (Wildman–Crippen LogP) is -0.346. The molecule has 1 saturated heterocycles. The summed E-state index contributed by atoms with van der Waals surface area (Å²) in [5.74, 6) is -5.37. The minimum atomic E-state index is -5.44. The van der Waals surface area contributed by atoms with Crippen LogP contribution >= 0.6 is 0 Å². The van der Waals surface area contributed by atoms with Crippen molar-refractivity contribution in [2.24, 2.45) is 0 Å². The summed E-state index contributed by atoms with van der Waals surface area (Å²) < 4.78 is 30.1. The molecule has 1 fully saturated rings. The molecule has 0 radical (unpaired) electrons. The molecule has 140 valence electrons. The van der Waals surface area contributed by atoms with Gasteiger partial charge in [0, 0.05) is 12.2 Å². The number of hydrogen-bond acceptors (Lipinski definition) is 8. The van der Waals surface area contributed by atoms with Gasteiger partial charge in [-0.3, -0.25) is 9.59 Å². The number of carbonyl (C=O) groups excluding carboxylic acids is 5. The number of nitrogens with zero attached hydrogens (tertiary/aromatic N) is 2. The lowest BCUT2D eigenvalue weighted by molar-refractivity contribution is -0.852. The van der Waals surface area contributed by atoms with Crippen LogP contribution in [-0.2, 0) is 34.3 Å². The third kappa shape index (κ3) is 2.85. The second-order valence-electron chi connectivity index (χ2n) is 5.56. The zero-order valence-electron chi connectivity index (χ0n) is 13.4. The van der Waals surface area contributed by atoms with Crippen molar-refractivity contribution in [2.75, 3.05) is 4.90 Å². The van der Waals surface area contributed by atoms with Gasteiger partial charge >= 0.3 is 28.1 Å². The van der Waals surface area contributed by atoms with Crippen LogP contribution in [0.1, 0.15) is 23.2 Å². The summed E-state index contributed by atoms with van der Waals surface area (Å²) in [6.45, 7) is 0. The summed E-state index contributed by atoms with van der Waals surface area (Å²) in [6.07, 6.45) is 0.976. The van der Waals surface area contributed by atoms with Crippen LogP contribution < -0.4 is 4.90 Å².